The topological polar surface area (TPSA) is 76.1 Å². The van der Waals surface area contributed by atoms with Crippen LogP contribution in [0.5, 0.6) is 0 Å². The number of carbonyl (C=O) groups is 1. The van der Waals surface area contributed by atoms with Gasteiger partial charge < -0.3 is 15.4 Å². The Bertz CT molecular complexity index is 1470. The average Bonchev–Trinajstić information content (AvgIpc) is 3.61. The Morgan fingerprint density at radius 1 is 0.919 bits per heavy atom. The maximum atomic E-state index is 13.1. The van der Waals surface area contributed by atoms with Gasteiger partial charge in [-0.25, -0.2) is 9.97 Å². The first-order valence-corrected chi connectivity index (χ1v) is 14.0. The first-order valence-electron chi connectivity index (χ1n) is 12.3. The number of nitrogens with zero attached hydrogens (tertiary/aromatic N) is 2. The van der Waals surface area contributed by atoms with Crippen LogP contribution >= 0.6 is 22.7 Å². The van der Waals surface area contributed by atoms with Crippen molar-refractivity contribution in [2.75, 3.05) is 25.1 Å². The van der Waals surface area contributed by atoms with Crippen LogP contribution in [0.3, 0.4) is 0 Å². The van der Waals surface area contributed by atoms with E-state index in [1.54, 1.807) is 22.7 Å². The van der Waals surface area contributed by atoms with Crippen molar-refractivity contribution in [3.63, 3.8) is 0 Å². The number of aromatic nitrogens is 2. The quantitative estimate of drug-likeness (QED) is 0.249. The predicted molar refractivity (Wildman–Crippen MR) is 151 cm³/mol. The van der Waals surface area contributed by atoms with Crippen molar-refractivity contribution < 1.29 is 9.53 Å². The van der Waals surface area contributed by atoms with E-state index in [2.05, 4.69) is 39.2 Å². The lowest BCUT2D eigenvalue weighted by atomic mass is 9.80. The van der Waals surface area contributed by atoms with Crippen LogP contribution in [0.2, 0.25) is 0 Å². The van der Waals surface area contributed by atoms with E-state index in [0.29, 0.717) is 25.3 Å². The molecule has 1 aliphatic rings. The van der Waals surface area contributed by atoms with E-state index < -0.39 is 0 Å². The summed E-state index contributed by atoms with van der Waals surface area (Å²) in [6.45, 7) is 1.87. The summed E-state index contributed by atoms with van der Waals surface area (Å²) in [6, 6.07) is 25.8. The van der Waals surface area contributed by atoms with Crippen LogP contribution in [-0.4, -0.2) is 35.6 Å². The highest BCUT2D eigenvalue weighted by Gasteiger charge is 2.37. The summed E-state index contributed by atoms with van der Waals surface area (Å²) in [7, 11) is 0. The molecule has 0 radical (unpaired) electrons. The number of anilines is 2. The molecule has 2 N–H and O–H groups in total. The molecule has 1 amide bonds. The number of hydrogen-bond donors (Lipinski definition) is 2. The molecule has 0 spiro atoms. The fraction of sp³-hybridized carbons (Fsp3) is 0.207. The number of amides is 1. The molecule has 8 heteroatoms. The van der Waals surface area contributed by atoms with Crippen molar-refractivity contribution in [2.24, 2.45) is 0 Å². The van der Waals surface area contributed by atoms with E-state index in [9.17, 15) is 4.79 Å². The minimum Gasteiger partial charge on any atom is -0.381 e. The molecule has 5 aromatic rings. The number of hydrogen-bond acceptors (Lipinski definition) is 7. The standard InChI is InChI=1S/C29H26N4O2S2/c34-26(21-10-12-22(13-11-21)31-28-33-23-8-4-5-9-25(23)37-28)30-19-29(14-16-35-17-15-29)27-32-24(18-36-27)20-6-2-1-3-7-20/h1-13,18H,14-17,19H2,(H,30,34)(H,31,33). The lowest BCUT2D eigenvalue weighted by Gasteiger charge is -2.35. The predicted octanol–water partition coefficient (Wildman–Crippen LogP) is 6.64. The van der Waals surface area contributed by atoms with Crippen molar-refractivity contribution in [2.45, 2.75) is 18.3 Å². The molecule has 3 aromatic carbocycles. The van der Waals surface area contributed by atoms with Gasteiger partial charge in [-0.1, -0.05) is 53.8 Å². The molecule has 1 aliphatic heterocycles. The van der Waals surface area contributed by atoms with E-state index in [1.165, 1.54) is 0 Å². The van der Waals surface area contributed by atoms with Crippen molar-refractivity contribution in [3.05, 3.63) is 94.8 Å². The molecule has 6 nitrogen and oxygen atoms in total. The van der Waals surface area contributed by atoms with Crippen LogP contribution in [0.15, 0.2) is 84.2 Å². The molecule has 37 heavy (non-hydrogen) atoms. The second-order valence-electron chi connectivity index (χ2n) is 9.17. The average molecular weight is 527 g/mol. The Hall–Kier alpha value is -3.59. The highest BCUT2D eigenvalue weighted by Crippen LogP contribution is 2.38. The molecule has 1 fully saturated rings. The normalized spacial score (nSPS) is 14.9. The summed E-state index contributed by atoms with van der Waals surface area (Å²) < 4.78 is 6.80. The zero-order valence-corrected chi connectivity index (χ0v) is 21.8. The van der Waals surface area contributed by atoms with Gasteiger partial charge in [0.05, 0.1) is 15.9 Å². The smallest absolute Gasteiger partial charge is 0.251 e. The molecule has 2 aromatic heterocycles. The summed E-state index contributed by atoms with van der Waals surface area (Å²) in [6.07, 6.45) is 1.67. The number of para-hydroxylation sites is 1. The molecule has 0 saturated carbocycles. The third-order valence-electron chi connectivity index (χ3n) is 6.76. The third kappa shape index (κ3) is 5.13. The molecule has 0 unspecified atom stereocenters. The van der Waals surface area contributed by atoms with Gasteiger partial charge in [-0.15, -0.1) is 11.3 Å². The third-order valence-corrected chi connectivity index (χ3v) is 8.80. The zero-order chi connectivity index (χ0) is 25.1. The van der Waals surface area contributed by atoms with Gasteiger partial charge in [0.25, 0.3) is 5.91 Å². The van der Waals surface area contributed by atoms with Gasteiger partial charge in [0.2, 0.25) is 0 Å². The monoisotopic (exact) mass is 526 g/mol. The van der Waals surface area contributed by atoms with Crippen molar-refractivity contribution in [3.8, 4) is 11.3 Å². The number of ether oxygens (including phenoxy) is 1. The maximum Gasteiger partial charge on any atom is 0.251 e. The number of carbonyl (C=O) groups excluding carboxylic acids is 1. The van der Waals surface area contributed by atoms with Crippen LogP contribution in [-0.2, 0) is 10.2 Å². The van der Waals surface area contributed by atoms with Crippen molar-refractivity contribution in [1.82, 2.24) is 15.3 Å². The fourth-order valence-corrected chi connectivity index (χ4v) is 6.57. The first-order chi connectivity index (χ1) is 18.2. The van der Waals surface area contributed by atoms with Crippen LogP contribution in [0, 0.1) is 0 Å². The second kappa shape index (κ2) is 10.4. The summed E-state index contributed by atoms with van der Waals surface area (Å²) in [4.78, 5) is 22.7. The molecule has 186 valence electrons. The van der Waals surface area contributed by atoms with Gasteiger partial charge in [0.1, 0.15) is 5.01 Å². The lowest BCUT2D eigenvalue weighted by molar-refractivity contribution is 0.0486. The van der Waals surface area contributed by atoms with Gasteiger partial charge in [0.15, 0.2) is 5.13 Å². The molecule has 0 bridgehead atoms. The van der Waals surface area contributed by atoms with Gasteiger partial charge in [-0.2, -0.15) is 0 Å². The molecule has 1 saturated heterocycles. The van der Waals surface area contributed by atoms with Crippen LogP contribution in [0.4, 0.5) is 10.8 Å². The summed E-state index contributed by atoms with van der Waals surface area (Å²) >= 11 is 3.28. The van der Waals surface area contributed by atoms with E-state index >= 15 is 0 Å². The Morgan fingerprint density at radius 3 is 2.46 bits per heavy atom. The maximum absolute atomic E-state index is 13.1. The molecule has 0 atom stereocenters. The van der Waals surface area contributed by atoms with E-state index in [0.717, 1.165) is 50.1 Å². The van der Waals surface area contributed by atoms with Gasteiger partial charge in [-0.05, 0) is 49.2 Å². The Morgan fingerprint density at radius 2 is 1.68 bits per heavy atom. The van der Waals surface area contributed by atoms with Crippen molar-refractivity contribution in [1.29, 1.82) is 0 Å². The fourth-order valence-electron chi connectivity index (χ4n) is 4.59. The number of thiazole rings is 2. The number of benzene rings is 3. The van der Waals surface area contributed by atoms with Crippen LogP contribution in [0.25, 0.3) is 21.5 Å². The summed E-state index contributed by atoms with van der Waals surface area (Å²) in [5.74, 6) is -0.0859. The SMILES string of the molecule is O=C(NCC1(c2nc(-c3ccccc3)cs2)CCOCC1)c1ccc(Nc2nc3ccccc3s2)cc1. The molecular weight excluding hydrogens is 500 g/mol. The minimum absolute atomic E-state index is 0.0859. The summed E-state index contributed by atoms with van der Waals surface area (Å²) in [5, 5.41) is 10.5. The van der Waals surface area contributed by atoms with Gasteiger partial charge >= 0.3 is 0 Å². The highest BCUT2D eigenvalue weighted by molar-refractivity contribution is 7.22. The van der Waals surface area contributed by atoms with E-state index in [-0.39, 0.29) is 11.3 Å². The molecule has 6 rings (SSSR count). The molecule has 3 heterocycles. The lowest BCUT2D eigenvalue weighted by Crippen LogP contribution is -2.44. The number of nitrogens with one attached hydrogen (secondary N) is 2. The summed E-state index contributed by atoms with van der Waals surface area (Å²) in [5.41, 5.74) is 4.36. The number of rotatable bonds is 7. The minimum atomic E-state index is -0.222. The Kier molecular flexibility index (Phi) is 6.70. The van der Waals surface area contributed by atoms with E-state index in [4.69, 9.17) is 9.72 Å². The molecule has 0 aliphatic carbocycles. The van der Waals surface area contributed by atoms with Gasteiger partial charge in [-0.3, -0.25) is 4.79 Å². The van der Waals surface area contributed by atoms with Gasteiger partial charge in [0, 0.05) is 47.4 Å². The second-order valence-corrected chi connectivity index (χ2v) is 11.1. The Balaban J connectivity index is 1.14. The number of fused-ring (bicyclic) bond motifs is 1. The highest BCUT2D eigenvalue weighted by atomic mass is 32.1. The largest absolute Gasteiger partial charge is 0.381 e. The zero-order valence-electron chi connectivity index (χ0n) is 20.1. The van der Waals surface area contributed by atoms with Crippen molar-refractivity contribution >= 4 is 49.6 Å². The van der Waals surface area contributed by atoms with Crippen LogP contribution in [0.1, 0.15) is 28.2 Å². The molecular formula is C29H26N4O2S2. The Labute approximate surface area is 223 Å². The van der Waals surface area contributed by atoms with E-state index in [1.807, 2.05) is 60.7 Å². The first kappa shape index (κ1) is 23.8. The van der Waals surface area contributed by atoms with Crippen LogP contribution < -0.4 is 10.6 Å².